The van der Waals surface area contributed by atoms with E-state index in [0.717, 1.165) is 38.5 Å². The van der Waals surface area contributed by atoms with Crippen LogP contribution in [0.4, 0.5) is 0 Å². The van der Waals surface area contributed by atoms with Gasteiger partial charge in [-0.25, -0.2) is 0 Å². The van der Waals surface area contributed by atoms with Gasteiger partial charge in [0.2, 0.25) is 5.91 Å². The van der Waals surface area contributed by atoms with Gasteiger partial charge >= 0.3 is 0 Å². The van der Waals surface area contributed by atoms with Gasteiger partial charge in [0.15, 0.2) is 0 Å². The number of nitrogens with one attached hydrogen (secondary N) is 1. The number of amides is 1. The first-order valence-electron chi connectivity index (χ1n) is 21.6. The lowest BCUT2D eigenvalue weighted by molar-refractivity contribution is -0.123. The lowest BCUT2D eigenvalue weighted by Crippen LogP contribution is -2.45. The highest BCUT2D eigenvalue weighted by Gasteiger charge is 2.17. The molecule has 0 aromatic carbocycles. The molecule has 0 aromatic heterocycles. The van der Waals surface area contributed by atoms with Crippen LogP contribution in [0.3, 0.4) is 0 Å². The van der Waals surface area contributed by atoms with Crippen molar-refractivity contribution in [2.75, 3.05) is 6.61 Å². The van der Waals surface area contributed by atoms with E-state index in [-0.39, 0.29) is 12.5 Å². The van der Waals surface area contributed by atoms with Crippen LogP contribution >= 0.6 is 0 Å². The zero-order valence-corrected chi connectivity index (χ0v) is 32.5. The maximum Gasteiger partial charge on any atom is 0.220 e. The molecule has 4 heteroatoms. The Morgan fingerprint density at radius 1 is 0.479 bits per heavy atom. The Bertz CT molecular complexity index is 691. The largest absolute Gasteiger partial charge is 0.394 e. The third-order valence-corrected chi connectivity index (χ3v) is 9.91. The Morgan fingerprint density at radius 2 is 0.833 bits per heavy atom. The number of hydrogen-bond acceptors (Lipinski definition) is 3. The molecule has 0 aromatic rings. The van der Waals surface area contributed by atoms with Gasteiger partial charge in [-0.15, -0.1) is 0 Å². The van der Waals surface area contributed by atoms with E-state index in [9.17, 15) is 15.0 Å². The van der Waals surface area contributed by atoms with Crippen LogP contribution in [-0.4, -0.2) is 34.9 Å². The predicted molar refractivity (Wildman–Crippen MR) is 212 cm³/mol. The molecule has 2 atom stereocenters. The monoisotopic (exact) mass is 676 g/mol. The van der Waals surface area contributed by atoms with E-state index in [4.69, 9.17) is 0 Å². The molecule has 0 heterocycles. The Labute approximate surface area is 300 Å². The van der Waals surface area contributed by atoms with Crippen molar-refractivity contribution in [3.05, 3.63) is 24.3 Å². The number of aliphatic hydroxyl groups excluding tert-OH is 2. The van der Waals surface area contributed by atoms with Crippen molar-refractivity contribution in [2.45, 2.75) is 244 Å². The maximum absolute atomic E-state index is 12.3. The SMILES string of the molecule is CCC/C=C\CCCCCCCC(=O)NC(CO)C(O)/C=C/CCCCCCCCCCCCCCCCCCCCCCCCCC. The molecule has 284 valence electrons. The van der Waals surface area contributed by atoms with Gasteiger partial charge < -0.3 is 15.5 Å². The molecule has 0 aliphatic carbocycles. The molecular weight excluding hydrogens is 590 g/mol. The smallest absolute Gasteiger partial charge is 0.220 e. The molecular formula is C44H85NO3. The Morgan fingerprint density at radius 3 is 1.23 bits per heavy atom. The van der Waals surface area contributed by atoms with E-state index in [0.29, 0.717) is 6.42 Å². The molecule has 1 amide bonds. The molecule has 0 saturated heterocycles. The number of unbranched alkanes of at least 4 members (excludes halogenated alkanes) is 30. The van der Waals surface area contributed by atoms with E-state index in [1.165, 1.54) is 173 Å². The van der Waals surface area contributed by atoms with Crippen LogP contribution in [0.1, 0.15) is 232 Å². The first-order chi connectivity index (χ1) is 23.7. The summed E-state index contributed by atoms with van der Waals surface area (Å²) in [7, 11) is 0. The molecule has 0 aliphatic rings. The minimum absolute atomic E-state index is 0.0750. The number of rotatable bonds is 39. The van der Waals surface area contributed by atoms with Crippen LogP contribution < -0.4 is 5.32 Å². The lowest BCUT2D eigenvalue weighted by Gasteiger charge is -2.20. The molecule has 0 bridgehead atoms. The fourth-order valence-corrected chi connectivity index (χ4v) is 6.59. The Kier molecular flexibility index (Phi) is 39.4. The van der Waals surface area contributed by atoms with E-state index < -0.39 is 12.1 Å². The van der Waals surface area contributed by atoms with Crippen molar-refractivity contribution in [1.29, 1.82) is 0 Å². The van der Waals surface area contributed by atoms with Gasteiger partial charge in [0.05, 0.1) is 18.8 Å². The molecule has 0 fully saturated rings. The summed E-state index contributed by atoms with van der Waals surface area (Å²) in [6, 6.07) is -0.622. The van der Waals surface area contributed by atoms with Crippen LogP contribution in [-0.2, 0) is 4.79 Å². The fourth-order valence-electron chi connectivity index (χ4n) is 6.59. The van der Waals surface area contributed by atoms with Gasteiger partial charge in [-0.1, -0.05) is 212 Å². The van der Waals surface area contributed by atoms with E-state index >= 15 is 0 Å². The average molecular weight is 676 g/mol. The third-order valence-electron chi connectivity index (χ3n) is 9.91. The van der Waals surface area contributed by atoms with Crippen LogP contribution in [0.25, 0.3) is 0 Å². The van der Waals surface area contributed by atoms with Crippen LogP contribution in [0.15, 0.2) is 24.3 Å². The van der Waals surface area contributed by atoms with Gasteiger partial charge in [0, 0.05) is 6.42 Å². The molecule has 2 unspecified atom stereocenters. The second-order valence-electron chi connectivity index (χ2n) is 14.8. The van der Waals surface area contributed by atoms with Crippen LogP contribution in [0, 0.1) is 0 Å². The highest BCUT2D eigenvalue weighted by atomic mass is 16.3. The summed E-state index contributed by atoms with van der Waals surface area (Å²) in [5, 5.41) is 22.9. The van der Waals surface area contributed by atoms with Crippen molar-refractivity contribution in [2.24, 2.45) is 0 Å². The highest BCUT2D eigenvalue weighted by Crippen LogP contribution is 2.16. The van der Waals surface area contributed by atoms with Crippen LogP contribution in [0.2, 0.25) is 0 Å². The van der Waals surface area contributed by atoms with E-state index in [1.54, 1.807) is 6.08 Å². The molecule has 4 nitrogen and oxygen atoms in total. The van der Waals surface area contributed by atoms with Gasteiger partial charge in [0.1, 0.15) is 0 Å². The summed E-state index contributed by atoms with van der Waals surface area (Å²) in [6.07, 6.45) is 51.6. The maximum atomic E-state index is 12.3. The second kappa shape index (κ2) is 40.3. The van der Waals surface area contributed by atoms with Gasteiger partial charge in [-0.05, 0) is 38.5 Å². The summed E-state index contributed by atoms with van der Waals surface area (Å²) >= 11 is 0. The number of aliphatic hydroxyl groups is 2. The second-order valence-corrected chi connectivity index (χ2v) is 14.8. The zero-order chi connectivity index (χ0) is 35.0. The minimum atomic E-state index is -0.839. The van der Waals surface area contributed by atoms with Crippen molar-refractivity contribution < 1.29 is 15.0 Å². The highest BCUT2D eigenvalue weighted by molar-refractivity contribution is 5.76. The summed E-state index contributed by atoms with van der Waals surface area (Å²) < 4.78 is 0. The number of allylic oxidation sites excluding steroid dienone is 3. The third kappa shape index (κ3) is 36.2. The van der Waals surface area contributed by atoms with Crippen molar-refractivity contribution in [3.63, 3.8) is 0 Å². The summed E-state index contributed by atoms with van der Waals surface area (Å²) in [4.78, 5) is 12.3. The topological polar surface area (TPSA) is 69.6 Å². The van der Waals surface area contributed by atoms with Crippen molar-refractivity contribution >= 4 is 5.91 Å². The first-order valence-corrected chi connectivity index (χ1v) is 21.6. The zero-order valence-electron chi connectivity index (χ0n) is 32.5. The summed E-state index contributed by atoms with van der Waals surface area (Å²) in [5.74, 6) is -0.0750. The molecule has 0 rings (SSSR count). The molecule has 0 aliphatic heterocycles. The molecule has 0 radical (unpaired) electrons. The van der Waals surface area contributed by atoms with Gasteiger partial charge in [-0.2, -0.15) is 0 Å². The molecule has 3 N–H and O–H groups in total. The minimum Gasteiger partial charge on any atom is -0.394 e. The van der Waals surface area contributed by atoms with E-state index in [1.807, 2.05) is 6.08 Å². The Hall–Kier alpha value is -1.13. The van der Waals surface area contributed by atoms with Crippen molar-refractivity contribution in [3.8, 4) is 0 Å². The summed E-state index contributed by atoms with van der Waals surface area (Å²) in [5.41, 5.74) is 0. The number of hydrogen-bond donors (Lipinski definition) is 3. The van der Waals surface area contributed by atoms with E-state index in [2.05, 4.69) is 31.3 Å². The first kappa shape index (κ1) is 46.9. The quantitative estimate of drug-likeness (QED) is 0.0448. The number of carbonyl (C=O) groups excluding carboxylic acids is 1. The van der Waals surface area contributed by atoms with Crippen molar-refractivity contribution in [1.82, 2.24) is 5.32 Å². The molecule has 48 heavy (non-hydrogen) atoms. The molecule has 0 saturated carbocycles. The average Bonchev–Trinajstić information content (AvgIpc) is 3.09. The van der Waals surface area contributed by atoms with Crippen LogP contribution in [0.5, 0.6) is 0 Å². The lowest BCUT2D eigenvalue weighted by atomic mass is 10.0. The van der Waals surface area contributed by atoms with Gasteiger partial charge in [-0.3, -0.25) is 4.79 Å². The number of carbonyl (C=O) groups is 1. The standard InChI is InChI=1S/C44H85NO3/c1-3-5-7-9-11-13-15-16-17-18-19-20-21-22-23-24-25-26-27-28-29-30-31-33-35-37-39-43(47)42(41-46)45-44(48)40-38-36-34-32-14-12-10-8-6-4-2/h8,10,37,39,42-43,46-47H,3-7,9,11-36,38,40-41H2,1-2H3,(H,45,48)/b10-8-,39-37+. The summed E-state index contributed by atoms with van der Waals surface area (Å²) in [6.45, 7) is 4.25. The predicted octanol–water partition coefficient (Wildman–Crippen LogP) is 13.2. The normalized spacial score (nSPS) is 13.2. The fraction of sp³-hybridized carbons (Fsp3) is 0.886. The Balaban J connectivity index is 3.47. The molecule has 0 spiro atoms. The van der Waals surface area contributed by atoms with Gasteiger partial charge in [0.25, 0.3) is 0 Å².